The average molecular weight is 282 g/mol. The van der Waals surface area contributed by atoms with Crippen molar-refractivity contribution in [3.63, 3.8) is 0 Å². The fourth-order valence-electron chi connectivity index (χ4n) is 2.18. The van der Waals surface area contributed by atoms with Crippen LogP contribution in [0.15, 0.2) is 60.7 Å². The largest absolute Gasteiger partial charge is 0.325 e. The van der Waals surface area contributed by atoms with Gasteiger partial charge in [0.05, 0.1) is 6.54 Å². The Morgan fingerprint density at radius 3 is 2.05 bits per heavy atom. The second kappa shape index (κ2) is 6.55. The Hall–Kier alpha value is -2.13. The molecule has 0 saturated heterocycles. The minimum atomic E-state index is -0.513. The molecule has 110 valence electrons. The first-order valence-corrected chi connectivity index (χ1v) is 7.14. The van der Waals surface area contributed by atoms with Gasteiger partial charge in [0.1, 0.15) is 0 Å². The van der Waals surface area contributed by atoms with E-state index in [1.165, 1.54) is 0 Å². The summed E-state index contributed by atoms with van der Waals surface area (Å²) in [5, 5.41) is 0. The van der Waals surface area contributed by atoms with Crippen LogP contribution in [-0.4, -0.2) is 11.4 Å². The van der Waals surface area contributed by atoms with Crippen molar-refractivity contribution in [3.8, 4) is 0 Å². The maximum absolute atomic E-state index is 12.6. The molecule has 1 amide bonds. The van der Waals surface area contributed by atoms with E-state index >= 15 is 0 Å². The van der Waals surface area contributed by atoms with E-state index in [0.717, 1.165) is 11.3 Å². The third-order valence-electron chi connectivity index (χ3n) is 3.16. The fourth-order valence-corrected chi connectivity index (χ4v) is 2.18. The number of benzene rings is 2. The Bertz CT molecular complexity index is 573. The quantitative estimate of drug-likeness (QED) is 0.914. The van der Waals surface area contributed by atoms with Crippen molar-refractivity contribution in [2.75, 3.05) is 4.90 Å². The summed E-state index contributed by atoms with van der Waals surface area (Å²) in [5.74, 6) is 0.0394. The van der Waals surface area contributed by atoms with Gasteiger partial charge in [-0.3, -0.25) is 4.79 Å². The Morgan fingerprint density at radius 1 is 1.00 bits per heavy atom. The predicted molar refractivity (Wildman–Crippen MR) is 87.0 cm³/mol. The van der Waals surface area contributed by atoms with Gasteiger partial charge in [0, 0.05) is 17.6 Å². The van der Waals surface area contributed by atoms with Gasteiger partial charge in [-0.05, 0) is 31.5 Å². The van der Waals surface area contributed by atoms with Crippen LogP contribution in [0.2, 0.25) is 0 Å². The molecule has 0 aromatic heterocycles. The van der Waals surface area contributed by atoms with Crippen molar-refractivity contribution in [2.24, 2.45) is 5.73 Å². The van der Waals surface area contributed by atoms with Crippen molar-refractivity contribution >= 4 is 11.6 Å². The van der Waals surface area contributed by atoms with Gasteiger partial charge in [-0.1, -0.05) is 48.5 Å². The third kappa shape index (κ3) is 4.72. The molecule has 2 aromatic carbocycles. The SMILES string of the molecule is CC(C)(N)CC(=O)N(Cc1ccccc1)c1ccccc1. The molecule has 0 saturated carbocycles. The molecule has 0 aliphatic heterocycles. The molecule has 2 rings (SSSR count). The molecule has 0 fully saturated rings. The first kappa shape index (κ1) is 15.3. The van der Waals surface area contributed by atoms with E-state index in [9.17, 15) is 4.79 Å². The second-order valence-corrected chi connectivity index (χ2v) is 5.97. The van der Waals surface area contributed by atoms with Gasteiger partial charge in [-0.15, -0.1) is 0 Å². The number of nitrogens with two attached hydrogens (primary N) is 1. The number of carbonyl (C=O) groups excluding carboxylic acids is 1. The first-order valence-electron chi connectivity index (χ1n) is 7.14. The van der Waals surface area contributed by atoms with Crippen LogP contribution in [0.4, 0.5) is 5.69 Å². The van der Waals surface area contributed by atoms with Crippen molar-refractivity contribution < 1.29 is 4.79 Å². The van der Waals surface area contributed by atoms with E-state index in [0.29, 0.717) is 13.0 Å². The van der Waals surface area contributed by atoms with Crippen LogP contribution in [0.25, 0.3) is 0 Å². The first-order chi connectivity index (χ1) is 9.96. The molecule has 0 heterocycles. The minimum absolute atomic E-state index is 0.0394. The van der Waals surface area contributed by atoms with E-state index < -0.39 is 5.54 Å². The highest BCUT2D eigenvalue weighted by atomic mass is 16.2. The number of para-hydroxylation sites is 1. The summed E-state index contributed by atoms with van der Waals surface area (Å²) < 4.78 is 0. The number of amides is 1. The zero-order valence-corrected chi connectivity index (χ0v) is 12.6. The number of anilines is 1. The standard InChI is InChI=1S/C18H22N2O/c1-18(2,19)13-17(21)20(16-11-7-4-8-12-16)14-15-9-5-3-6-10-15/h3-12H,13-14,19H2,1-2H3. The molecule has 0 atom stereocenters. The van der Waals surface area contributed by atoms with E-state index in [1.807, 2.05) is 74.5 Å². The minimum Gasteiger partial charge on any atom is -0.325 e. The molecule has 0 spiro atoms. The van der Waals surface area contributed by atoms with Gasteiger partial charge < -0.3 is 10.6 Å². The molecule has 0 aliphatic carbocycles. The number of hydrogen-bond donors (Lipinski definition) is 1. The van der Waals surface area contributed by atoms with Crippen LogP contribution in [0.1, 0.15) is 25.8 Å². The Kier molecular flexibility index (Phi) is 4.76. The zero-order valence-electron chi connectivity index (χ0n) is 12.6. The van der Waals surface area contributed by atoms with Crippen LogP contribution in [-0.2, 0) is 11.3 Å². The van der Waals surface area contributed by atoms with Gasteiger partial charge >= 0.3 is 0 Å². The summed E-state index contributed by atoms with van der Waals surface area (Å²) in [6.45, 7) is 4.30. The Morgan fingerprint density at radius 2 is 1.52 bits per heavy atom. The highest BCUT2D eigenvalue weighted by molar-refractivity contribution is 5.93. The lowest BCUT2D eigenvalue weighted by Crippen LogP contribution is -2.41. The predicted octanol–water partition coefficient (Wildman–Crippen LogP) is 3.35. The third-order valence-corrected chi connectivity index (χ3v) is 3.16. The average Bonchev–Trinajstić information content (AvgIpc) is 2.45. The van der Waals surface area contributed by atoms with E-state index in [1.54, 1.807) is 4.90 Å². The van der Waals surface area contributed by atoms with Gasteiger partial charge in [0.25, 0.3) is 0 Å². The van der Waals surface area contributed by atoms with Crippen LogP contribution >= 0.6 is 0 Å². The summed E-state index contributed by atoms with van der Waals surface area (Å²) in [6.07, 6.45) is 0.314. The summed E-state index contributed by atoms with van der Waals surface area (Å²) >= 11 is 0. The van der Waals surface area contributed by atoms with Crippen molar-refractivity contribution in [2.45, 2.75) is 32.4 Å². The van der Waals surface area contributed by atoms with Crippen LogP contribution < -0.4 is 10.6 Å². The summed E-state index contributed by atoms with van der Waals surface area (Å²) in [7, 11) is 0. The van der Waals surface area contributed by atoms with Gasteiger partial charge in [0.2, 0.25) is 5.91 Å². The molecular formula is C18H22N2O. The van der Waals surface area contributed by atoms with Gasteiger partial charge in [-0.25, -0.2) is 0 Å². The molecule has 0 bridgehead atoms. The molecule has 3 nitrogen and oxygen atoms in total. The van der Waals surface area contributed by atoms with E-state index in [-0.39, 0.29) is 5.91 Å². The van der Waals surface area contributed by atoms with Crippen LogP contribution in [0.3, 0.4) is 0 Å². The molecule has 2 N–H and O–H groups in total. The fraction of sp³-hybridized carbons (Fsp3) is 0.278. The van der Waals surface area contributed by atoms with Crippen molar-refractivity contribution in [3.05, 3.63) is 66.2 Å². The lowest BCUT2D eigenvalue weighted by Gasteiger charge is -2.27. The number of rotatable bonds is 5. The number of nitrogens with zero attached hydrogens (tertiary/aromatic N) is 1. The lowest BCUT2D eigenvalue weighted by atomic mass is 10.0. The van der Waals surface area contributed by atoms with Gasteiger partial charge in [-0.2, -0.15) is 0 Å². The topological polar surface area (TPSA) is 46.3 Å². The number of hydrogen-bond acceptors (Lipinski definition) is 2. The van der Waals surface area contributed by atoms with E-state index in [4.69, 9.17) is 5.73 Å². The molecular weight excluding hydrogens is 260 g/mol. The molecule has 0 unspecified atom stereocenters. The highest BCUT2D eigenvalue weighted by Crippen LogP contribution is 2.20. The monoisotopic (exact) mass is 282 g/mol. The Labute approximate surface area is 126 Å². The van der Waals surface area contributed by atoms with Gasteiger partial charge in [0.15, 0.2) is 0 Å². The number of carbonyl (C=O) groups is 1. The smallest absolute Gasteiger partial charge is 0.229 e. The van der Waals surface area contributed by atoms with E-state index in [2.05, 4.69) is 0 Å². The second-order valence-electron chi connectivity index (χ2n) is 5.97. The molecule has 21 heavy (non-hydrogen) atoms. The maximum atomic E-state index is 12.6. The van der Waals surface area contributed by atoms with Crippen molar-refractivity contribution in [1.29, 1.82) is 0 Å². The summed E-state index contributed by atoms with van der Waals surface area (Å²) in [5.41, 5.74) is 7.49. The summed E-state index contributed by atoms with van der Waals surface area (Å²) in [6, 6.07) is 19.7. The van der Waals surface area contributed by atoms with Crippen molar-refractivity contribution in [1.82, 2.24) is 0 Å². The highest BCUT2D eigenvalue weighted by Gasteiger charge is 2.22. The van der Waals surface area contributed by atoms with Crippen LogP contribution in [0.5, 0.6) is 0 Å². The maximum Gasteiger partial charge on any atom is 0.229 e. The van der Waals surface area contributed by atoms with Crippen LogP contribution in [0, 0.1) is 0 Å². The lowest BCUT2D eigenvalue weighted by molar-refractivity contribution is -0.119. The normalized spacial score (nSPS) is 11.2. The Balaban J connectivity index is 2.25. The summed E-state index contributed by atoms with van der Waals surface area (Å²) in [4.78, 5) is 14.4. The molecule has 3 heteroatoms. The molecule has 0 radical (unpaired) electrons. The molecule has 2 aromatic rings. The molecule has 0 aliphatic rings. The zero-order chi connectivity index (χ0) is 15.3.